The number of rotatable bonds is 10. The van der Waals surface area contributed by atoms with E-state index in [0.29, 0.717) is 25.3 Å². The molecule has 0 aliphatic carbocycles. The van der Waals surface area contributed by atoms with Crippen molar-refractivity contribution in [1.29, 1.82) is 0 Å². The van der Waals surface area contributed by atoms with Crippen LogP contribution in [0.3, 0.4) is 0 Å². The number of aromatic nitrogens is 2. The molecule has 0 spiro atoms. The van der Waals surface area contributed by atoms with Crippen molar-refractivity contribution in [2.24, 2.45) is 0 Å². The van der Waals surface area contributed by atoms with E-state index >= 15 is 0 Å². The number of nitrogens with zero attached hydrogens (tertiary/aromatic N) is 1. The zero-order valence-corrected chi connectivity index (χ0v) is 13.1. The SMILES string of the molecule is CCCNCc1cn[nH]c1S(=O)(=O)NC(C)COCC. The number of aromatic amines is 1. The van der Waals surface area contributed by atoms with Crippen molar-refractivity contribution >= 4 is 10.0 Å². The lowest BCUT2D eigenvalue weighted by Gasteiger charge is -2.14. The van der Waals surface area contributed by atoms with Gasteiger partial charge in [0.25, 0.3) is 10.0 Å². The monoisotopic (exact) mass is 304 g/mol. The fraction of sp³-hybridized carbons (Fsp3) is 0.750. The summed E-state index contributed by atoms with van der Waals surface area (Å²) in [6.07, 6.45) is 2.52. The zero-order valence-electron chi connectivity index (χ0n) is 12.3. The molecule has 0 aliphatic rings. The van der Waals surface area contributed by atoms with Crippen molar-refractivity contribution in [3.63, 3.8) is 0 Å². The summed E-state index contributed by atoms with van der Waals surface area (Å²) in [6, 6.07) is -0.292. The normalized spacial score (nSPS) is 13.6. The molecule has 116 valence electrons. The van der Waals surface area contributed by atoms with Crippen LogP contribution in [0.15, 0.2) is 11.2 Å². The topological polar surface area (TPSA) is 96.1 Å². The maximum Gasteiger partial charge on any atom is 0.258 e. The predicted octanol–water partition coefficient (Wildman–Crippen LogP) is 0.613. The van der Waals surface area contributed by atoms with Crippen LogP contribution >= 0.6 is 0 Å². The molecule has 0 radical (unpaired) electrons. The van der Waals surface area contributed by atoms with Gasteiger partial charge >= 0.3 is 0 Å². The van der Waals surface area contributed by atoms with Gasteiger partial charge in [-0.3, -0.25) is 5.10 Å². The molecule has 0 aromatic carbocycles. The second-order valence-corrected chi connectivity index (χ2v) is 6.23. The Kier molecular flexibility index (Phi) is 7.14. The molecule has 0 fully saturated rings. The minimum Gasteiger partial charge on any atom is -0.380 e. The van der Waals surface area contributed by atoms with Gasteiger partial charge in [0, 0.05) is 24.8 Å². The summed E-state index contributed by atoms with van der Waals surface area (Å²) in [5.74, 6) is 0. The third kappa shape index (κ3) is 5.20. The molecule has 8 heteroatoms. The van der Waals surface area contributed by atoms with Gasteiger partial charge in [0.2, 0.25) is 0 Å². The fourth-order valence-corrected chi connectivity index (χ4v) is 3.07. The van der Waals surface area contributed by atoms with Gasteiger partial charge in [-0.15, -0.1) is 0 Å². The molecule has 0 aliphatic heterocycles. The molecular formula is C12H24N4O3S. The van der Waals surface area contributed by atoms with E-state index in [-0.39, 0.29) is 11.1 Å². The minimum absolute atomic E-state index is 0.115. The van der Waals surface area contributed by atoms with Crippen LogP contribution < -0.4 is 10.0 Å². The molecule has 1 rings (SSSR count). The van der Waals surface area contributed by atoms with Crippen LogP contribution in [0.2, 0.25) is 0 Å². The molecule has 20 heavy (non-hydrogen) atoms. The van der Waals surface area contributed by atoms with E-state index in [4.69, 9.17) is 4.74 Å². The summed E-state index contributed by atoms with van der Waals surface area (Å²) in [5, 5.41) is 9.65. The first-order valence-corrected chi connectivity index (χ1v) is 8.32. The first-order valence-electron chi connectivity index (χ1n) is 6.84. The number of nitrogens with one attached hydrogen (secondary N) is 3. The van der Waals surface area contributed by atoms with E-state index < -0.39 is 10.0 Å². The van der Waals surface area contributed by atoms with Gasteiger partial charge in [0.1, 0.15) is 0 Å². The average molecular weight is 304 g/mol. The second-order valence-electron chi connectivity index (χ2n) is 4.58. The summed E-state index contributed by atoms with van der Waals surface area (Å²) in [5.41, 5.74) is 0.634. The first-order chi connectivity index (χ1) is 9.51. The molecule has 1 heterocycles. The smallest absolute Gasteiger partial charge is 0.258 e. The number of ether oxygens (including phenoxy) is 1. The van der Waals surface area contributed by atoms with Gasteiger partial charge in [-0.2, -0.15) is 5.10 Å². The highest BCUT2D eigenvalue weighted by Gasteiger charge is 2.22. The lowest BCUT2D eigenvalue weighted by molar-refractivity contribution is 0.133. The zero-order chi connectivity index (χ0) is 15.0. The predicted molar refractivity (Wildman–Crippen MR) is 76.9 cm³/mol. The van der Waals surface area contributed by atoms with E-state index in [1.54, 1.807) is 6.92 Å². The molecule has 0 bridgehead atoms. The van der Waals surface area contributed by atoms with Crippen molar-refractivity contribution in [1.82, 2.24) is 20.2 Å². The summed E-state index contributed by atoms with van der Waals surface area (Å²) in [7, 11) is -3.60. The summed E-state index contributed by atoms with van der Waals surface area (Å²) in [4.78, 5) is 0. The highest BCUT2D eigenvalue weighted by molar-refractivity contribution is 7.89. The van der Waals surface area contributed by atoms with Crippen LogP contribution in [0.25, 0.3) is 0 Å². The number of hydrogen-bond acceptors (Lipinski definition) is 5. The van der Waals surface area contributed by atoms with Crippen LogP contribution in [0.5, 0.6) is 0 Å². The number of hydrogen-bond donors (Lipinski definition) is 3. The molecule has 0 amide bonds. The number of H-pyrrole nitrogens is 1. The van der Waals surface area contributed by atoms with E-state index in [1.807, 2.05) is 6.92 Å². The van der Waals surface area contributed by atoms with E-state index in [9.17, 15) is 8.42 Å². The molecule has 1 aromatic rings. The van der Waals surface area contributed by atoms with Crippen molar-refractivity contribution < 1.29 is 13.2 Å². The Balaban J connectivity index is 2.69. The third-order valence-corrected chi connectivity index (χ3v) is 4.22. The summed E-state index contributed by atoms with van der Waals surface area (Å²) < 4.78 is 32.3. The van der Waals surface area contributed by atoms with E-state index in [1.165, 1.54) is 6.20 Å². The van der Waals surface area contributed by atoms with Gasteiger partial charge in [-0.05, 0) is 26.8 Å². The Morgan fingerprint density at radius 1 is 1.45 bits per heavy atom. The molecule has 0 saturated carbocycles. The fourth-order valence-electron chi connectivity index (χ4n) is 1.71. The van der Waals surface area contributed by atoms with Crippen LogP contribution in [0, 0.1) is 0 Å². The highest BCUT2D eigenvalue weighted by Crippen LogP contribution is 2.12. The largest absolute Gasteiger partial charge is 0.380 e. The molecular weight excluding hydrogens is 280 g/mol. The lowest BCUT2D eigenvalue weighted by atomic mass is 10.3. The minimum atomic E-state index is -3.60. The maximum atomic E-state index is 12.3. The van der Waals surface area contributed by atoms with Gasteiger partial charge in [-0.1, -0.05) is 6.92 Å². The van der Waals surface area contributed by atoms with Crippen molar-refractivity contribution in [2.45, 2.75) is 44.8 Å². The average Bonchev–Trinajstić information content (AvgIpc) is 2.85. The lowest BCUT2D eigenvalue weighted by Crippen LogP contribution is -2.36. The Morgan fingerprint density at radius 2 is 2.20 bits per heavy atom. The molecule has 7 nitrogen and oxygen atoms in total. The van der Waals surface area contributed by atoms with Crippen molar-refractivity contribution in [3.8, 4) is 0 Å². The van der Waals surface area contributed by atoms with E-state index in [0.717, 1.165) is 13.0 Å². The Labute approximate surface area is 120 Å². The van der Waals surface area contributed by atoms with Gasteiger partial charge in [0.05, 0.1) is 12.8 Å². The second kappa shape index (κ2) is 8.35. The van der Waals surface area contributed by atoms with Crippen LogP contribution in [0.1, 0.15) is 32.8 Å². The summed E-state index contributed by atoms with van der Waals surface area (Å²) >= 11 is 0. The quantitative estimate of drug-likeness (QED) is 0.551. The maximum absolute atomic E-state index is 12.3. The molecule has 1 unspecified atom stereocenters. The van der Waals surface area contributed by atoms with Crippen molar-refractivity contribution in [2.75, 3.05) is 19.8 Å². The van der Waals surface area contributed by atoms with Crippen LogP contribution in [-0.4, -0.2) is 44.4 Å². The first kappa shape index (κ1) is 17.1. The van der Waals surface area contributed by atoms with Gasteiger partial charge in [0.15, 0.2) is 5.03 Å². The molecule has 1 atom stereocenters. The summed E-state index contributed by atoms with van der Waals surface area (Å²) in [6.45, 7) is 7.89. The molecule has 0 saturated heterocycles. The van der Waals surface area contributed by atoms with Crippen molar-refractivity contribution in [3.05, 3.63) is 11.8 Å². The van der Waals surface area contributed by atoms with Gasteiger partial charge < -0.3 is 10.1 Å². The standard InChI is InChI=1S/C12H24N4O3S/c1-4-6-13-7-11-8-14-15-12(11)20(17,18)16-10(3)9-19-5-2/h8,10,13,16H,4-7,9H2,1-3H3,(H,14,15). The molecule has 3 N–H and O–H groups in total. The highest BCUT2D eigenvalue weighted by atomic mass is 32.2. The third-order valence-electron chi connectivity index (χ3n) is 2.62. The van der Waals surface area contributed by atoms with E-state index in [2.05, 4.69) is 27.2 Å². The van der Waals surface area contributed by atoms with Crippen LogP contribution in [0.4, 0.5) is 0 Å². The Morgan fingerprint density at radius 3 is 2.85 bits per heavy atom. The Hall–Kier alpha value is -0.960. The molecule has 1 aromatic heterocycles. The van der Waals surface area contributed by atoms with Crippen LogP contribution in [-0.2, 0) is 21.3 Å². The number of sulfonamides is 1. The van der Waals surface area contributed by atoms with Gasteiger partial charge in [-0.25, -0.2) is 13.1 Å². The Bertz CT molecular complexity index is 487.